The second-order valence-electron chi connectivity index (χ2n) is 4.17. The van der Waals surface area contributed by atoms with Crippen molar-refractivity contribution in [1.29, 1.82) is 0 Å². The molecule has 98 valence electrons. The molecule has 0 aliphatic rings. The van der Waals surface area contributed by atoms with Crippen LogP contribution in [0.15, 0.2) is 48.7 Å². The van der Waals surface area contributed by atoms with Crippen molar-refractivity contribution in [2.24, 2.45) is 0 Å². The first-order chi connectivity index (χ1) is 9.65. The van der Waals surface area contributed by atoms with Crippen LogP contribution in [0, 0.1) is 10.1 Å². The summed E-state index contributed by atoms with van der Waals surface area (Å²) in [7, 11) is 0. The summed E-state index contributed by atoms with van der Waals surface area (Å²) in [4.78, 5) is 19.0. The number of fused-ring (bicyclic) bond motifs is 1. The highest BCUT2D eigenvalue weighted by atomic mass is 35.5. The SMILES string of the molecule is O=[N+]([O-])c1ccc(Cl)c(-c2ncc3ccccc3n2)c1. The van der Waals surface area contributed by atoms with E-state index in [-0.39, 0.29) is 5.69 Å². The second-order valence-corrected chi connectivity index (χ2v) is 4.58. The highest BCUT2D eigenvalue weighted by Crippen LogP contribution is 2.29. The quantitative estimate of drug-likeness (QED) is 0.529. The maximum atomic E-state index is 10.8. The Morgan fingerprint density at radius 2 is 1.95 bits per heavy atom. The standard InChI is InChI=1S/C14H8ClN3O2/c15-12-6-5-10(18(19)20)7-11(12)14-16-8-9-3-1-2-4-13(9)17-14/h1-8H. The molecule has 0 aliphatic heterocycles. The van der Waals surface area contributed by atoms with Crippen LogP contribution in [0.2, 0.25) is 5.02 Å². The zero-order chi connectivity index (χ0) is 14.1. The molecule has 0 saturated heterocycles. The predicted molar refractivity (Wildman–Crippen MR) is 76.6 cm³/mol. The van der Waals surface area contributed by atoms with Gasteiger partial charge in [-0.25, -0.2) is 9.97 Å². The lowest BCUT2D eigenvalue weighted by Gasteiger charge is -2.04. The number of aromatic nitrogens is 2. The molecule has 1 aromatic heterocycles. The van der Waals surface area contributed by atoms with E-state index < -0.39 is 4.92 Å². The first kappa shape index (κ1) is 12.5. The van der Waals surface area contributed by atoms with Gasteiger partial charge in [0.25, 0.3) is 5.69 Å². The van der Waals surface area contributed by atoms with Crippen LogP contribution in [-0.4, -0.2) is 14.9 Å². The van der Waals surface area contributed by atoms with Gasteiger partial charge in [-0.1, -0.05) is 29.8 Å². The van der Waals surface area contributed by atoms with Crippen molar-refractivity contribution >= 4 is 28.2 Å². The van der Waals surface area contributed by atoms with Crippen molar-refractivity contribution in [3.05, 3.63) is 63.8 Å². The minimum Gasteiger partial charge on any atom is -0.258 e. The molecule has 0 spiro atoms. The monoisotopic (exact) mass is 285 g/mol. The molecule has 3 rings (SSSR count). The summed E-state index contributed by atoms with van der Waals surface area (Å²) in [6.07, 6.45) is 1.67. The Kier molecular flexibility index (Phi) is 3.04. The van der Waals surface area contributed by atoms with Crippen LogP contribution in [0.1, 0.15) is 0 Å². The fourth-order valence-corrected chi connectivity index (χ4v) is 2.10. The molecule has 2 aromatic carbocycles. The van der Waals surface area contributed by atoms with Gasteiger partial charge in [-0.05, 0) is 12.1 Å². The number of hydrogen-bond donors (Lipinski definition) is 0. The fraction of sp³-hybridized carbons (Fsp3) is 0. The van der Waals surface area contributed by atoms with E-state index in [2.05, 4.69) is 9.97 Å². The largest absolute Gasteiger partial charge is 0.270 e. The first-order valence-electron chi connectivity index (χ1n) is 5.81. The maximum absolute atomic E-state index is 10.8. The van der Waals surface area contributed by atoms with Crippen molar-refractivity contribution < 1.29 is 4.92 Å². The molecular weight excluding hydrogens is 278 g/mol. The average molecular weight is 286 g/mol. The number of non-ortho nitro benzene ring substituents is 1. The molecule has 0 amide bonds. The van der Waals surface area contributed by atoms with E-state index in [1.54, 1.807) is 6.20 Å². The molecule has 20 heavy (non-hydrogen) atoms. The van der Waals surface area contributed by atoms with Gasteiger partial charge in [0.1, 0.15) is 0 Å². The van der Waals surface area contributed by atoms with E-state index >= 15 is 0 Å². The van der Waals surface area contributed by atoms with Crippen molar-refractivity contribution in [1.82, 2.24) is 9.97 Å². The van der Waals surface area contributed by atoms with E-state index in [9.17, 15) is 10.1 Å². The van der Waals surface area contributed by atoms with Crippen LogP contribution in [0.4, 0.5) is 5.69 Å². The zero-order valence-corrected chi connectivity index (χ0v) is 10.9. The molecule has 3 aromatic rings. The third-order valence-electron chi connectivity index (χ3n) is 2.89. The van der Waals surface area contributed by atoms with Crippen LogP contribution in [0.3, 0.4) is 0 Å². The third kappa shape index (κ3) is 2.19. The molecule has 0 unspecified atom stereocenters. The number of halogens is 1. The van der Waals surface area contributed by atoms with E-state index in [0.29, 0.717) is 16.4 Å². The van der Waals surface area contributed by atoms with Crippen LogP contribution in [0.5, 0.6) is 0 Å². The summed E-state index contributed by atoms with van der Waals surface area (Å²) >= 11 is 6.08. The number of nitrogens with zero attached hydrogens (tertiary/aromatic N) is 3. The van der Waals surface area contributed by atoms with Gasteiger partial charge in [-0.15, -0.1) is 0 Å². The minimum absolute atomic E-state index is 0.0406. The number of para-hydroxylation sites is 1. The van der Waals surface area contributed by atoms with Crippen molar-refractivity contribution in [2.45, 2.75) is 0 Å². The zero-order valence-electron chi connectivity index (χ0n) is 10.2. The lowest BCUT2D eigenvalue weighted by molar-refractivity contribution is -0.384. The highest BCUT2D eigenvalue weighted by Gasteiger charge is 2.13. The van der Waals surface area contributed by atoms with E-state index in [0.717, 1.165) is 10.9 Å². The summed E-state index contributed by atoms with van der Waals surface area (Å²) in [5, 5.41) is 12.1. The minimum atomic E-state index is -0.471. The molecule has 6 heteroatoms. The molecule has 0 atom stereocenters. The van der Waals surface area contributed by atoms with Crippen LogP contribution < -0.4 is 0 Å². The van der Waals surface area contributed by atoms with Crippen molar-refractivity contribution in [3.8, 4) is 11.4 Å². The van der Waals surface area contributed by atoms with Gasteiger partial charge in [0, 0.05) is 29.3 Å². The van der Waals surface area contributed by atoms with Gasteiger partial charge in [0.2, 0.25) is 0 Å². The molecule has 0 bridgehead atoms. The van der Waals surface area contributed by atoms with E-state index in [4.69, 9.17) is 11.6 Å². The smallest absolute Gasteiger partial charge is 0.258 e. The Bertz CT molecular complexity index is 820. The van der Waals surface area contributed by atoms with Crippen LogP contribution >= 0.6 is 11.6 Å². The lowest BCUT2D eigenvalue weighted by atomic mass is 10.1. The van der Waals surface area contributed by atoms with Crippen LogP contribution in [0.25, 0.3) is 22.3 Å². The summed E-state index contributed by atoms with van der Waals surface area (Å²) < 4.78 is 0. The molecule has 0 N–H and O–H groups in total. The number of hydrogen-bond acceptors (Lipinski definition) is 4. The fourth-order valence-electron chi connectivity index (χ4n) is 1.90. The molecule has 0 aliphatic carbocycles. The normalized spacial score (nSPS) is 10.7. The van der Waals surface area contributed by atoms with Gasteiger partial charge < -0.3 is 0 Å². The van der Waals surface area contributed by atoms with Gasteiger partial charge in [-0.2, -0.15) is 0 Å². The van der Waals surface area contributed by atoms with Gasteiger partial charge >= 0.3 is 0 Å². The molecule has 0 saturated carbocycles. The Morgan fingerprint density at radius 1 is 1.15 bits per heavy atom. The lowest BCUT2D eigenvalue weighted by Crippen LogP contribution is -1.93. The molecule has 0 radical (unpaired) electrons. The van der Waals surface area contributed by atoms with Crippen molar-refractivity contribution in [3.63, 3.8) is 0 Å². The van der Waals surface area contributed by atoms with Gasteiger partial charge in [0.05, 0.1) is 15.5 Å². The third-order valence-corrected chi connectivity index (χ3v) is 3.22. The molecule has 5 nitrogen and oxygen atoms in total. The average Bonchev–Trinajstić information content (AvgIpc) is 2.47. The molecule has 0 fully saturated rings. The van der Waals surface area contributed by atoms with Gasteiger partial charge in [0.15, 0.2) is 5.82 Å². The van der Waals surface area contributed by atoms with E-state index in [1.807, 2.05) is 24.3 Å². The highest BCUT2D eigenvalue weighted by molar-refractivity contribution is 6.33. The van der Waals surface area contributed by atoms with E-state index in [1.165, 1.54) is 18.2 Å². The summed E-state index contributed by atoms with van der Waals surface area (Å²) in [5.74, 6) is 0.373. The number of nitro benzene ring substituents is 1. The predicted octanol–water partition coefficient (Wildman–Crippen LogP) is 3.86. The summed E-state index contributed by atoms with van der Waals surface area (Å²) in [6.45, 7) is 0. The Balaban J connectivity index is 2.19. The summed E-state index contributed by atoms with van der Waals surface area (Å²) in [6, 6.07) is 11.7. The maximum Gasteiger partial charge on any atom is 0.270 e. The Hall–Kier alpha value is -2.53. The Morgan fingerprint density at radius 3 is 2.75 bits per heavy atom. The molecule has 1 heterocycles. The number of rotatable bonds is 2. The summed E-state index contributed by atoms with van der Waals surface area (Å²) in [5.41, 5.74) is 1.17. The Labute approximate surface area is 119 Å². The number of nitro groups is 1. The van der Waals surface area contributed by atoms with Gasteiger partial charge in [-0.3, -0.25) is 10.1 Å². The molecular formula is C14H8ClN3O2. The topological polar surface area (TPSA) is 68.9 Å². The van der Waals surface area contributed by atoms with Crippen molar-refractivity contribution in [2.75, 3.05) is 0 Å². The second kappa shape index (κ2) is 4.86. The number of benzene rings is 2. The first-order valence-corrected chi connectivity index (χ1v) is 6.19. The van der Waals surface area contributed by atoms with Crippen LogP contribution in [-0.2, 0) is 0 Å².